The molecule has 0 radical (unpaired) electrons. The monoisotopic (exact) mass is 379 g/mol. The lowest BCUT2D eigenvalue weighted by Crippen LogP contribution is -2.29. The Morgan fingerprint density at radius 1 is 1.30 bits per heavy atom. The second-order valence-corrected chi connectivity index (χ2v) is 8.06. The molecule has 1 aliphatic heterocycles. The second-order valence-electron chi connectivity index (χ2n) is 7.03. The molecule has 0 aliphatic carbocycles. The molecule has 4 aromatic rings. The van der Waals surface area contributed by atoms with Gasteiger partial charge in [0.2, 0.25) is 0 Å². The zero-order valence-electron chi connectivity index (χ0n) is 14.7. The zero-order chi connectivity index (χ0) is 18.5. The van der Waals surface area contributed by atoms with Crippen molar-refractivity contribution in [1.29, 1.82) is 0 Å². The number of rotatable bonds is 2. The van der Waals surface area contributed by atoms with E-state index in [0.29, 0.717) is 16.7 Å². The summed E-state index contributed by atoms with van der Waals surface area (Å²) in [4.78, 5) is 22.4. The largest absolute Gasteiger partial charge is 0.377 e. The van der Waals surface area contributed by atoms with Crippen molar-refractivity contribution in [2.24, 2.45) is 0 Å². The molecule has 1 fully saturated rings. The Hall–Kier alpha value is -2.73. The van der Waals surface area contributed by atoms with Crippen molar-refractivity contribution in [1.82, 2.24) is 14.9 Å². The maximum atomic E-state index is 13.9. The third kappa shape index (κ3) is 2.55. The number of likely N-dealkylation sites (tertiary alicyclic amines) is 1. The summed E-state index contributed by atoms with van der Waals surface area (Å²) in [6, 6.07) is 6.50. The Bertz CT molecular complexity index is 1260. The van der Waals surface area contributed by atoms with Crippen molar-refractivity contribution in [3.63, 3.8) is 0 Å². The van der Waals surface area contributed by atoms with E-state index in [4.69, 9.17) is 4.98 Å². The first-order valence-electron chi connectivity index (χ1n) is 9.05. The first-order chi connectivity index (χ1) is 13.2. The Morgan fingerprint density at radius 2 is 2.19 bits per heavy atom. The molecule has 2 aromatic heterocycles. The molecule has 2 aromatic carbocycles. The molecular formula is C21H18FN3OS. The summed E-state index contributed by atoms with van der Waals surface area (Å²) in [6.45, 7) is 5.83. The summed E-state index contributed by atoms with van der Waals surface area (Å²) in [5.74, 6) is -0.00236. The number of nitrogens with zero attached hydrogens (tertiary/aromatic N) is 2. The smallest absolute Gasteiger partial charge is 0.256 e. The number of hydrogen-bond acceptors (Lipinski definition) is 4. The van der Waals surface area contributed by atoms with Crippen LogP contribution in [0.2, 0.25) is 0 Å². The Labute approximate surface area is 159 Å². The number of thiazole rings is 1. The number of fused-ring (bicyclic) bond motifs is 6. The third-order valence-corrected chi connectivity index (χ3v) is 6.67. The Kier molecular flexibility index (Phi) is 3.75. The molecule has 4 nitrogen and oxygen atoms in total. The first-order valence-corrected chi connectivity index (χ1v) is 9.87. The highest BCUT2D eigenvalue weighted by molar-refractivity contribution is 7.19. The van der Waals surface area contributed by atoms with E-state index in [1.165, 1.54) is 12.1 Å². The van der Waals surface area contributed by atoms with Gasteiger partial charge in [0.15, 0.2) is 0 Å². The molecule has 0 bridgehead atoms. The predicted molar refractivity (Wildman–Crippen MR) is 109 cm³/mol. The molecule has 1 saturated heterocycles. The van der Waals surface area contributed by atoms with Crippen LogP contribution in [0.4, 0.5) is 4.39 Å². The number of hydrogen-bond donors (Lipinski definition) is 1. The minimum atomic E-state index is -0.351. The van der Waals surface area contributed by atoms with Crippen LogP contribution in [0.25, 0.3) is 31.8 Å². The highest BCUT2D eigenvalue weighted by Crippen LogP contribution is 2.40. The summed E-state index contributed by atoms with van der Waals surface area (Å²) < 4.78 is 14.9. The van der Waals surface area contributed by atoms with E-state index < -0.39 is 0 Å². The van der Waals surface area contributed by atoms with Crippen LogP contribution in [0.1, 0.15) is 23.8 Å². The molecule has 6 heteroatoms. The van der Waals surface area contributed by atoms with Gasteiger partial charge in [0, 0.05) is 41.4 Å². The van der Waals surface area contributed by atoms with Gasteiger partial charge in [-0.25, -0.2) is 9.37 Å². The van der Waals surface area contributed by atoms with E-state index in [2.05, 4.69) is 16.5 Å². The minimum Gasteiger partial charge on any atom is -0.377 e. The molecule has 1 aliphatic rings. The molecule has 5 rings (SSSR count). The summed E-state index contributed by atoms with van der Waals surface area (Å²) in [5, 5.41) is 3.90. The molecule has 136 valence electrons. The van der Waals surface area contributed by atoms with Gasteiger partial charge in [-0.3, -0.25) is 4.79 Å². The van der Waals surface area contributed by atoms with Crippen molar-refractivity contribution in [2.45, 2.75) is 18.8 Å². The topological polar surface area (TPSA) is 49.0 Å². The lowest BCUT2D eigenvalue weighted by molar-refractivity contribution is 0.280. The van der Waals surface area contributed by atoms with Gasteiger partial charge < -0.3 is 9.88 Å². The number of aromatic amines is 1. The molecule has 1 atom stereocenters. The highest BCUT2D eigenvalue weighted by Gasteiger charge is 2.24. The van der Waals surface area contributed by atoms with Crippen LogP contribution >= 0.6 is 11.3 Å². The molecule has 1 N–H and O–H groups in total. The van der Waals surface area contributed by atoms with Gasteiger partial charge in [0.1, 0.15) is 5.82 Å². The van der Waals surface area contributed by atoms with Gasteiger partial charge in [-0.2, -0.15) is 0 Å². The van der Waals surface area contributed by atoms with E-state index >= 15 is 0 Å². The molecule has 27 heavy (non-hydrogen) atoms. The van der Waals surface area contributed by atoms with Crippen molar-refractivity contribution in [3.05, 3.63) is 64.4 Å². The fraction of sp³-hybridized carbons (Fsp3) is 0.238. The average Bonchev–Trinajstić information content (AvgIpc) is 3.14. The van der Waals surface area contributed by atoms with Gasteiger partial charge in [-0.05, 0) is 43.3 Å². The van der Waals surface area contributed by atoms with Crippen LogP contribution in [0.5, 0.6) is 0 Å². The molecule has 0 amide bonds. The van der Waals surface area contributed by atoms with Crippen LogP contribution in [0.3, 0.4) is 0 Å². The second kappa shape index (κ2) is 6.16. The first kappa shape index (κ1) is 16.4. The lowest BCUT2D eigenvalue weighted by Gasteiger charge is -2.30. The number of nitrogens with one attached hydrogen (secondary N) is 1. The van der Waals surface area contributed by atoms with Crippen molar-refractivity contribution in [2.75, 3.05) is 13.1 Å². The zero-order valence-corrected chi connectivity index (χ0v) is 15.5. The fourth-order valence-electron chi connectivity index (χ4n) is 4.12. The Morgan fingerprint density at radius 3 is 3.04 bits per heavy atom. The van der Waals surface area contributed by atoms with E-state index in [0.717, 1.165) is 51.9 Å². The maximum absolute atomic E-state index is 13.9. The predicted octanol–water partition coefficient (Wildman–Crippen LogP) is 4.75. The van der Waals surface area contributed by atoms with Crippen LogP contribution in [-0.2, 0) is 0 Å². The molecule has 3 heterocycles. The van der Waals surface area contributed by atoms with E-state index in [1.54, 1.807) is 23.6 Å². The quantitative estimate of drug-likeness (QED) is 0.511. The third-order valence-electron chi connectivity index (χ3n) is 5.42. The summed E-state index contributed by atoms with van der Waals surface area (Å²) in [7, 11) is 0. The number of H-pyrrole nitrogens is 1. The van der Waals surface area contributed by atoms with E-state index in [1.807, 2.05) is 12.3 Å². The number of halogens is 1. The number of benzene rings is 2. The standard InChI is InChI=1S/C21H18FN3OS/c1-2-25-9-3-4-12(11-25)21-24-18-14-6-5-13(22)10-16(14)17-15(19(18)27-21)7-8-23-20(17)26/h2,5-8,10,12H,1,3-4,9,11H2,(H,23,26). The van der Waals surface area contributed by atoms with Crippen molar-refractivity contribution >= 4 is 43.1 Å². The Balaban J connectivity index is 1.83. The summed E-state index contributed by atoms with van der Waals surface area (Å²) >= 11 is 1.65. The minimum absolute atomic E-state index is 0.199. The lowest BCUT2D eigenvalue weighted by atomic mass is 9.99. The van der Waals surface area contributed by atoms with Gasteiger partial charge in [-0.15, -0.1) is 11.3 Å². The van der Waals surface area contributed by atoms with Crippen molar-refractivity contribution in [3.8, 4) is 0 Å². The normalized spacial score (nSPS) is 17.8. The van der Waals surface area contributed by atoms with E-state index in [9.17, 15) is 9.18 Å². The summed E-state index contributed by atoms with van der Waals surface area (Å²) in [6.07, 6.45) is 5.75. The maximum Gasteiger partial charge on any atom is 0.256 e. The highest BCUT2D eigenvalue weighted by atomic mass is 32.1. The van der Waals surface area contributed by atoms with Gasteiger partial charge in [-0.1, -0.05) is 6.58 Å². The summed E-state index contributed by atoms with van der Waals surface area (Å²) in [5.41, 5.74) is 0.661. The van der Waals surface area contributed by atoms with Crippen molar-refractivity contribution < 1.29 is 4.39 Å². The molecular weight excluding hydrogens is 361 g/mol. The van der Waals surface area contributed by atoms with Crippen LogP contribution < -0.4 is 5.56 Å². The van der Waals surface area contributed by atoms with Crippen LogP contribution in [0, 0.1) is 5.82 Å². The fourth-order valence-corrected chi connectivity index (χ4v) is 5.35. The molecule has 1 unspecified atom stereocenters. The number of aromatic nitrogens is 2. The van der Waals surface area contributed by atoms with Crippen LogP contribution in [-0.4, -0.2) is 28.0 Å². The average molecular weight is 379 g/mol. The van der Waals surface area contributed by atoms with Gasteiger partial charge in [0.05, 0.1) is 20.6 Å². The molecule has 0 spiro atoms. The van der Waals surface area contributed by atoms with Gasteiger partial charge in [0.25, 0.3) is 5.56 Å². The van der Waals surface area contributed by atoms with Gasteiger partial charge >= 0.3 is 0 Å². The SMILES string of the molecule is C=CN1CCCC(c2nc3c4ccc(F)cc4c4c(=O)[nH]ccc4c3s2)C1. The molecule has 0 saturated carbocycles. The van der Waals surface area contributed by atoms with Crippen LogP contribution in [0.15, 0.2) is 48.0 Å². The number of piperidine rings is 1. The number of pyridine rings is 1. The van der Waals surface area contributed by atoms with E-state index in [-0.39, 0.29) is 11.4 Å².